The molecule has 1 aliphatic rings. The Morgan fingerprint density at radius 3 is 2.96 bits per heavy atom. The number of hydrogen-bond donors (Lipinski definition) is 1. The van der Waals surface area contributed by atoms with E-state index in [2.05, 4.69) is 9.82 Å². The van der Waals surface area contributed by atoms with Gasteiger partial charge >= 0.3 is 0 Å². The first-order valence-electron chi connectivity index (χ1n) is 7.38. The normalized spacial score (nSPS) is 18.3. The zero-order valence-electron chi connectivity index (χ0n) is 12.7. The summed E-state index contributed by atoms with van der Waals surface area (Å²) in [7, 11) is -3.54. The fraction of sp³-hybridized carbons (Fsp3) is 0.400. The highest BCUT2D eigenvalue weighted by molar-refractivity contribution is 7.92. The zero-order valence-corrected chi connectivity index (χ0v) is 13.5. The van der Waals surface area contributed by atoms with Crippen molar-refractivity contribution in [2.24, 2.45) is 0 Å². The van der Waals surface area contributed by atoms with Gasteiger partial charge in [0.15, 0.2) is 5.82 Å². The molecule has 1 atom stereocenters. The van der Waals surface area contributed by atoms with Crippen LogP contribution in [0.3, 0.4) is 0 Å². The molecule has 2 aromatic rings. The largest absolute Gasteiger partial charge is 0.377 e. The minimum absolute atomic E-state index is 0.0845. The van der Waals surface area contributed by atoms with E-state index in [9.17, 15) is 12.8 Å². The van der Waals surface area contributed by atoms with Crippen LogP contribution in [0.2, 0.25) is 0 Å². The number of nitrogens with zero attached hydrogens (tertiary/aromatic N) is 2. The maximum atomic E-state index is 13.3. The van der Waals surface area contributed by atoms with E-state index in [1.54, 1.807) is 25.1 Å². The highest BCUT2D eigenvalue weighted by Crippen LogP contribution is 2.19. The number of halogens is 1. The number of rotatable bonds is 5. The lowest BCUT2D eigenvalue weighted by Gasteiger charge is -2.10. The fourth-order valence-electron chi connectivity index (χ4n) is 2.62. The summed E-state index contributed by atoms with van der Waals surface area (Å²) in [5, 5.41) is 4.20. The molecular weight excluding hydrogens is 321 g/mol. The van der Waals surface area contributed by atoms with Gasteiger partial charge in [-0.2, -0.15) is 0 Å². The average Bonchev–Trinajstić information content (AvgIpc) is 3.07. The lowest BCUT2D eigenvalue weighted by molar-refractivity contribution is 0.127. The van der Waals surface area contributed by atoms with Gasteiger partial charge < -0.3 is 4.74 Å². The van der Waals surface area contributed by atoms with Crippen molar-refractivity contribution in [1.82, 2.24) is 9.78 Å². The van der Waals surface area contributed by atoms with Crippen LogP contribution in [0, 0.1) is 12.7 Å². The summed E-state index contributed by atoms with van der Waals surface area (Å²) in [6, 6.07) is 7.57. The minimum Gasteiger partial charge on any atom is -0.377 e. The number of anilines is 1. The summed E-state index contributed by atoms with van der Waals surface area (Å²) >= 11 is 0. The van der Waals surface area contributed by atoms with Crippen LogP contribution in [0.25, 0.3) is 5.69 Å². The number of nitrogens with one attached hydrogen (secondary N) is 1. The second-order valence-electron chi connectivity index (χ2n) is 5.58. The molecule has 0 saturated carbocycles. The Morgan fingerprint density at radius 1 is 1.43 bits per heavy atom. The number of ether oxygens (including phenoxy) is 1. The third kappa shape index (κ3) is 3.89. The van der Waals surface area contributed by atoms with Crippen molar-refractivity contribution < 1.29 is 17.5 Å². The van der Waals surface area contributed by atoms with Crippen molar-refractivity contribution in [3.63, 3.8) is 0 Å². The molecule has 0 radical (unpaired) electrons. The van der Waals surface area contributed by atoms with Gasteiger partial charge in [-0.1, -0.05) is 6.07 Å². The first kappa shape index (κ1) is 15.9. The molecule has 23 heavy (non-hydrogen) atoms. The van der Waals surface area contributed by atoms with Crippen molar-refractivity contribution in [3.8, 4) is 5.69 Å². The van der Waals surface area contributed by atoms with Gasteiger partial charge in [0.2, 0.25) is 10.0 Å². The maximum Gasteiger partial charge on any atom is 0.236 e. The third-order valence-electron chi connectivity index (χ3n) is 3.63. The summed E-state index contributed by atoms with van der Waals surface area (Å²) in [5.41, 5.74) is 1.23. The molecule has 0 aliphatic carbocycles. The van der Waals surface area contributed by atoms with Crippen LogP contribution >= 0.6 is 0 Å². The predicted molar refractivity (Wildman–Crippen MR) is 84.6 cm³/mol. The number of hydrogen-bond acceptors (Lipinski definition) is 4. The minimum atomic E-state index is -3.54. The maximum absolute atomic E-state index is 13.3. The first-order valence-corrected chi connectivity index (χ1v) is 9.03. The molecule has 0 bridgehead atoms. The monoisotopic (exact) mass is 339 g/mol. The predicted octanol–water partition coefficient (Wildman–Crippen LogP) is 2.24. The van der Waals surface area contributed by atoms with Crippen LogP contribution in [-0.4, -0.2) is 36.7 Å². The van der Waals surface area contributed by atoms with Crippen LogP contribution < -0.4 is 4.72 Å². The van der Waals surface area contributed by atoms with Gasteiger partial charge in [-0.3, -0.25) is 4.72 Å². The average molecular weight is 339 g/mol. The molecule has 0 amide bonds. The molecule has 8 heteroatoms. The molecule has 1 saturated heterocycles. The molecule has 1 aliphatic heterocycles. The number of aromatic nitrogens is 2. The van der Waals surface area contributed by atoms with E-state index in [0.717, 1.165) is 12.8 Å². The van der Waals surface area contributed by atoms with Gasteiger partial charge in [0.25, 0.3) is 0 Å². The SMILES string of the molecule is Cc1cc(NS(=O)(=O)CC2CCCO2)nn1-c1cccc(F)c1. The second kappa shape index (κ2) is 6.29. The summed E-state index contributed by atoms with van der Waals surface area (Å²) in [6.45, 7) is 2.38. The highest BCUT2D eigenvalue weighted by atomic mass is 32.2. The highest BCUT2D eigenvalue weighted by Gasteiger charge is 2.24. The topological polar surface area (TPSA) is 73.2 Å². The Kier molecular flexibility index (Phi) is 4.36. The molecule has 3 rings (SSSR count). The molecule has 6 nitrogen and oxygen atoms in total. The zero-order chi connectivity index (χ0) is 16.4. The Balaban J connectivity index is 1.78. The van der Waals surface area contributed by atoms with E-state index in [0.29, 0.717) is 18.0 Å². The van der Waals surface area contributed by atoms with Crippen LogP contribution in [-0.2, 0) is 14.8 Å². The molecular formula is C15H18FN3O3S. The van der Waals surface area contributed by atoms with Crippen LogP contribution in [0.4, 0.5) is 10.2 Å². The number of aryl methyl sites for hydroxylation is 1. The Hall–Kier alpha value is -1.93. The van der Waals surface area contributed by atoms with E-state index >= 15 is 0 Å². The van der Waals surface area contributed by atoms with E-state index < -0.39 is 10.0 Å². The lowest BCUT2D eigenvalue weighted by atomic mass is 10.3. The number of benzene rings is 1. The first-order chi connectivity index (χ1) is 10.9. The van der Waals surface area contributed by atoms with E-state index in [1.807, 2.05) is 0 Å². The molecule has 1 unspecified atom stereocenters. The van der Waals surface area contributed by atoms with Crippen molar-refractivity contribution >= 4 is 15.8 Å². The number of sulfonamides is 1. The van der Waals surface area contributed by atoms with Crippen molar-refractivity contribution in [1.29, 1.82) is 0 Å². The molecule has 1 N–H and O–H groups in total. The van der Waals surface area contributed by atoms with E-state index in [4.69, 9.17) is 4.74 Å². The summed E-state index contributed by atoms with van der Waals surface area (Å²) in [4.78, 5) is 0. The quantitative estimate of drug-likeness (QED) is 0.907. The smallest absolute Gasteiger partial charge is 0.236 e. The van der Waals surface area contributed by atoms with Crippen LogP contribution in [0.5, 0.6) is 0 Å². The van der Waals surface area contributed by atoms with Crippen LogP contribution in [0.15, 0.2) is 30.3 Å². The summed E-state index contributed by atoms with van der Waals surface area (Å²) < 4.78 is 47.0. The molecule has 0 spiro atoms. The van der Waals surface area contributed by atoms with Crippen LogP contribution in [0.1, 0.15) is 18.5 Å². The third-order valence-corrected chi connectivity index (χ3v) is 4.96. The van der Waals surface area contributed by atoms with E-state index in [1.165, 1.54) is 16.8 Å². The lowest BCUT2D eigenvalue weighted by Crippen LogP contribution is -2.25. The van der Waals surface area contributed by atoms with Crippen molar-refractivity contribution in [3.05, 3.63) is 41.8 Å². The molecule has 1 aromatic carbocycles. The second-order valence-corrected chi connectivity index (χ2v) is 7.35. The van der Waals surface area contributed by atoms with Gasteiger partial charge in [0, 0.05) is 18.4 Å². The van der Waals surface area contributed by atoms with Gasteiger partial charge in [-0.05, 0) is 38.0 Å². The standard InChI is InChI=1S/C15H18FN3O3S/c1-11-8-15(17-19(11)13-5-2-4-12(16)9-13)18-23(20,21)10-14-6-3-7-22-14/h2,4-5,8-9,14H,3,6-7,10H2,1H3,(H,17,18). The Morgan fingerprint density at radius 2 is 2.26 bits per heavy atom. The van der Waals surface area contributed by atoms with E-state index in [-0.39, 0.29) is 23.5 Å². The fourth-order valence-corrected chi connectivity index (χ4v) is 3.87. The van der Waals surface area contributed by atoms with Gasteiger partial charge in [-0.25, -0.2) is 17.5 Å². The molecule has 124 valence electrons. The summed E-state index contributed by atoms with van der Waals surface area (Å²) in [5.74, 6) is -0.249. The van der Waals surface area contributed by atoms with Gasteiger partial charge in [0.1, 0.15) is 5.82 Å². The molecule has 1 fully saturated rings. The Labute approximate surface area is 134 Å². The van der Waals surface area contributed by atoms with Crippen molar-refractivity contribution in [2.45, 2.75) is 25.9 Å². The molecule has 1 aromatic heterocycles. The van der Waals surface area contributed by atoms with Gasteiger partial charge in [0.05, 0.1) is 17.5 Å². The molecule has 2 heterocycles. The Bertz CT molecular complexity index is 798. The van der Waals surface area contributed by atoms with Gasteiger partial charge in [-0.15, -0.1) is 5.10 Å². The van der Waals surface area contributed by atoms with Crippen molar-refractivity contribution in [2.75, 3.05) is 17.1 Å². The summed E-state index contributed by atoms with van der Waals surface area (Å²) in [6.07, 6.45) is 1.37.